The number of para-hydroxylation sites is 1. The van der Waals surface area contributed by atoms with E-state index in [1.165, 1.54) is 10.9 Å². The minimum absolute atomic E-state index is 0.648. The number of fused-ring (bicyclic) bond motifs is 1. The van der Waals surface area contributed by atoms with Gasteiger partial charge >= 0.3 is 0 Å². The van der Waals surface area contributed by atoms with Gasteiger partial charge in [0, 0.05) is 29.1 Å². The maximum absolute atomic E-state index is 5.36. The summed E-state index contributed by atoms with van der Waals surface area (Å²) in [7, 11) is 0. The molecule has 2 aromatic carbocycles. The van der Waals surface area contributed by atoms with Crippen LogP contribution in [0.2, 0.25) is 0 Å². The van der Waals surface area contributed by atoms with Gasteiger partial charge in [0.2, 0.25) is 11.7 Å². The van der Waals surface area contributed by atoms with Crippen LogP contribution in [0.3, 0.4) is 0 Å². The molecule has 0 bridgehead atoms. The van der Waals surface area contributed by atoms with Crippen molar-refractivity contribution in [2.75, 3.05) is 0 Å². The van der Waals surface area contributed by atoms with Gasteiger partial charge < -0.3 is 9.51 Å². The van der Waals surface area contributed by atoms with E-state index < -0.39 is 0 Å². The van der Waals surface area contributed by atoms with Crippen molar-refractivity contribution in [3.05, 3.63) is 72.2 Å². The third kappa shape index (κ3) is 2.39. The third-order valence-corrected chi connectivity index (χ3v) is 3.78. The molecular formula is C18H15N3O. The molecule has 108 valence electrons. The Morgan fingerprint density at radius 3 is 2.64 bits per heavy atom. The van der Waals surface area contributed by atoms with Crippen LogP contribution in [0.15, 0.2) is 65.3 Å². The summed E-state index contributed by atoms with van der Waals surface area (Å²) in [5.74, 6) is 1.32. The smallest absolute Gasteiger partial charge is 0.227 e. The van der Waals surface area contributed by atoms with Crippen molar-refractivity contribution in [1.29, 1.82) is 0 Å². The zero-order valence-corrected chi connectivity index (χ0v) is 12.0. The second-order valence-electron chi connectivity index (χ2n) is 5.24. The summed E-state index contributed by atoms with van der Waals surface area (Å²) in [4.78, 5) is 7.76. The molecule has 0 aliphatic rings. The standard InChI is InChI=1S/C18H15N3O/c1-2-6-13(7-3-1)18-20-17(22-21-18)11-10-14-12-19-16-9-5-4-8-15(14)16/h1-9,12,19H,10-11H2. The van der Waals surface area contributed by atoms with Crippen LogP contribution in [-0.2, 0) is 12.8 Å². The fraction of sp³-hybridized carbons (Fsp3) is 0.111. The lowest BCUT2D eigenvalue weighted by Crippen LogP contribution is -1.90. The van der Waals surface area contributed by atoms with Crippen molar-refractivity contribution in [2.24, 2.45) is 0 Å². The summed E-state index contributed by atoms with van der Waals surface area (Å²) in [5.41, 5.74) is 3.41. The molecule has 0 atom stereocenters. The Labute approximate surface area is 127 Å². The molecule has 0 aliphatic carbocycles. The van der Waals surface area contributed by atoms with Crippen LogP contribution in [0.25, 0.3) is 22.3 Å². The summed E-state index contributed by atoms with van der Waals surface area (Å²) in [5, 5.41) is 5.31. The third-order valence-electron chi connectivity index (χ3n) is 3.78. The van der Waals surface area contributed by atoms with Gasteiger partial charge in [-0.1, -0.05) is 53.7 Å². The highest BCUT2D eigenvalue weighted by Crippen LogP contribution is 2.20. The van der Waals surface area contributed by atoms with E-state index in [4.69, 9.17) is 4.52 Å². The number of benzene rings is 2. The molecule has 0 aliphatic heterocycles. The Bertz CT molecular complexity index is 893. The van der Waals surface area contributed by atoms with Gasteiger partial charge in [0.15, 0.2) is 0 Å². The molecule has 4 heteroatoms. The lowest BCUT2D eigenvalue weighted by molar-refractivity contribution is 0.379. The first-order chi connectivity index (χ1) is 10.9. The van der Waals surface area contributed by atoms with Crippen molar-refractivity contribution in [3.63, 3.8) is 0 Å². The van der Waals surface area contributed by atoms with Crippen molar-refractivity contribution < 1.29 is 4.52 Å². The molecular weight excluding hydrogens is 274 g/mol. The van der Waals surface area contributed by atoms with Gasteiger partial charge in [0.25, 0.3) is 0 Å². The maximum Gasteiger partial charge on any atom is 0.227 e. The average Bonchev–Trinajstić information content (AvgIpc) is 3.21. The van der Waals surface area contributed by atoms with Crippen molar-refractivity contribution >= 4 is 10.9 Å². The average molecular weight is 289 g/mol. The number of hydrogen-bond acceptors (Lipinski definition) is 3. The highest BCUT2D eigenvalue weighted by molar-refractivity contribution is 5.83. The molecule has 0 radical (unpaired) electrons. The number of nitrogens with one attached hydrogen (secondary N) is 1. The molecule has 4 nitrogen and oxygen atoms in total. The second kappa shape index (κ2) is 5.48. The van der Waals surface area contributed by atoms with E-state index in [-0.39, 0.29) is 0 Å². The first-order valence-electron chi connectivity index (χ1n) is 7.33. The Morgan fingerprint density at radius 1 is 0.909 bits per heavy atom. The molecule has 0 saturated heterocycles. The number of nitrogens with zero attached hydrogens (tertiary/aromatic N) is 2. The number of H-pyrrole nitrogens is 1. The number of aromatic amines is 1. The molecule has 0 unspecified atom stereocenters. The van der Waals surface area contributed by atoms with Gasteiger partial charge in [0.1, 0.15) is 0 Å². The normalized spacial score (nSPS) is 11.1. The summed E-state index contributed by atoms with van der Waals surface area (Å²) in [6.45, 7) is 0. The molecule has 4 aromatic rings. The van der Waals surface area contributed by atoms with E-state index in [9.17, 15) is 0 Å². The lowest BCUT2D eigenvalue weighted by atomic mass is 10.1. The fourth-order valence-electron chi connectivity index (χ4n) is 2.64. The number of hydrogen-bond donors (Lipinski definition) is 1. The summed E-state index contributed by atoms with van der Waals surface area (Å²) in [6, 6.07) is 18.2. The number of aryl methyl sites for hydroxylation is 2. The zero-order chi connectivity index (χ0) is 14.8. The Balaban J connectivity index is 1.52. The van der Waals surface area contributed by atoms with Gasteiger partial charge in [0.05, 0.1) is 0 Å². The predicted molar refractivity (Wildman–Crippen MR) is 85.4 cm³/mol. The monoisotopic (exact) mass is 289 g/mol. The van der Waals surface area contributed by atoms with E-state index in [2.05, 4.69) is 39.5 Å². The Hall–Kier alpha value is -2.88. The van der Waals surface area contributed by atoms with Crippen LogP contribution in [0.5, 0.6) is 0 Å². The number of rotatable bonds is 4. The Morgan fingerprint density at radius 2 is 1.73 bits per heavy atom. The number of aromatic nitrogens is 3. The van der Waals surface area contributed by atoms with Gasteiger partial charge in [-0.25, -0.2) is 0 Å². The maximum atomic E-state index is 5.36. The zero-order valence-electron chi connectivity index (χ0n) is 12.0. The van der Waals surface area contributed by atoms with E-state index in [0.717, 1.165) is 23.9 Å². The van der Waals surface area contributed by atoms with Crippen LogP contribution in [0, 0.1) is 0 Å². The molecule has 2 heterocycles. The molecule has 0 spiro atoms. The van der Waals surface area contributed by atoms with Gasteiger partial charge in [-0.2, -0.15) is 4.98 Å². The molecule has 2 aromatic heterocycles. The van der Waals surface area contributed by atoms with E-state index in [1.54, 1.807) is 0 Å². The van der Waals surface area contributed by atoms with Crippen LogP contribution in [0.1, 0.15) is 11.5 Å². The fourth-order valence-corrected chi connectivity index (χ4v) is 2.64. The van der Waals surface area contributed by atoms with E-state index >= 15 is 0 Å². The van der Waals surface area contributed by atoms with Crippen molar-refractivity contribution in [1.82, 2.24) is 15.1 Å². The first-order valence-corrected chi connectivity index (χ1v) is 7.33. The lowest BCUT2D eigenvalue weighted by Gasteiger charge is -1.96. The van der Waals surface area contributed by atoms with Crippen LogP contribution < -0.4 is 0 Å². The summed E-state index contributed by atoms with van der Waals surface area (Å²) < 4.78 is 5.36. The highest BCUT2D eigenvalue weighted by Gasteiger charge is 2.09. The summed E-state index contributed by atoms with van der Waals surface area (Å²) in [6.07, 6.45) is 3.67. The largest absolute Gasteiger partial charge is 0.361 e. The molecule has 1 N–H and O–H groups in total. The van der Waals surface area contributed by atoms with Gasteiger partial charge in [-0.3, -0.25) is 0 Å². The van der Waals surface area contributed by atoms with Gasteiger partial charge in [-0.15, -0.1) is 0 Å². The molecule has 0 fully saturated rings. The van der Waals surface area contributed by atoms with Crippen molar-refractivity contribution in [3.8, 4) is 11.4 Å². The Kier molecular flexibility index (Phi) is 3.20. The topological polar surface area (TPSA) is 54.7 Å². The van der Waals surface area contributed by atoms with Crippen LogP contribution >= 0.6 is 0 Å². The minimum atomic E-state index is 0.648. The van der Waals surface area contributed by atoms with Crippen molar-refractivity contribution in [2.45, 2.75) is 12.8 Å². The van der Waals surface area contributed by atoms with E-state index in [1.807, 2.05) is 36.4 Å². The van der Waals surface area contributed by atoms with Crippen LogP contribution in [0.4, 0.5) is 0 Å². The minimum Gasteiger partial charge on any atom is -0.361 e. The van der Waals surface area contributed by atoms with E-state index in [0.29, 0.717) is 11.7 Å². The van der Waals surface area contributed by atoms with Gasteiger partial charge in [-0.05, 0) is 18.1 Å². The predicted octanol–water partition coefficient (Wildman–Crippen LogP) is 4.00. The second-order valence-corrected chi connectivity index (χ2v) is 5.24. The molecule has 0 saturated carbocycles. The first kappa shape index (κ1) is 12.8. The van der Waals surface area contributed by atoms with Crippen LogP contribution in [-0.4, -0.2) is 15.1 Å². The molecule has 0 amide bonds. The SMILES string of the molecule is c1ccc(-c2noc(CCc3c[nH]c4ccccc34)n2)cc1. The molecule has 22 heavy (non-hydrogen) atoms. The highest BCUT2D eigenvalue weighted by atomic mass is 16.5. The molecule has 4 rings (SSSR count). The quantitative estimate of drug-likeness (QED) is 0.617. The summed E-state index contributed by atoms with van der Waals surface area (Å²) >= 11 is 0.